The Morgan fingerprint density at radius 1 is 0.978 bits per heavy atom. The number of piperazine rings is 1. The number of hydrogen-bond acceptors (Lipinski definition) is 8. The zero-order valence-electron chi connectivity index (χ0n) is 25.4. The van der Waals surface area contributed by atoms with Crippen molar-refractivity contribution >= 4 is 17.4 Å². The van der Waals surface area contributed by atoms with Crippen LogP contribution in [0.2, 0.25) is 0 Å². The Morgan fingerprint density at radius 2 is 1.74 bits per heavy atom. The van der Waals surface area contributed by atoms with Crippen LogP contribution in [0.3, 0.4) is 0 Å². The average Bonchev–Trinajstić information content (AvgIpc) is 3.56. The molecule has 0 saturated carbocycles. The van der Waals surface area contributed by atoms with Gasteiger partial charge in [0.15, 0.2) is 0 Å². The van der Waals surface area contributed by atoms with Crippen molar-refractivity contribution in [3.63, 3.8) is 0 Å². The fourth-order valence-electron chi connectivity index (χ4n) is 6.52. The fourth-order valence-corrected chi connectivity index (χ4v) is 7.63. The highest BCUT2D eigenvalue weighted by atomic mass is 32.2. The summed E-state index contributed by atoms with van der Waals surface area (Å²) in [4.78, 5) is 6.10. The lowest BCUT2D eigenvalue weighted by Gasteiger charge is -2.37. The van der Waals surface area contributed by atoms with Gasteiger partial charge in [-0.25, -0.2) is 8.78 Å². The van der Waals surface area contributed by atoms with Gasteiger partial charge in [-0.3, -0.25) is 14.5 Å². The summed E-state index contributed by atoms with van der Waals surface area (Å²) in [7, 11) is 0. The number of aromatic nitrogens is 2. The number of likely N-dealkylation sites (tertiary alicyclic amines) is 1. The summed E-state index contributed by atoms with van der Waals surface area (Å²) in [6, 6.07) is 11.2. The normalized spacial score (nSPS) is 19.8. The Kier molecular flexibility index (Phi) is 9.81. The van der Waals surface area contributed by atoms with Crippen LogP contribution in [-0.4, -0.2) is 106 Å². The molecule has 2 saturated heterocycles. The average molecular weight is 667 g/mol. The Hall–Kier alpha value is -2.91. The molecule has 6 rings (SSSR count). The molecule has 8 nitrogen and oxygen atoms in total. The number of aliphatic hydroxyl groups is 1. The monoisotopic (exact) mass is 666 g/mol. The number of nitrogens with one attached hydrogen (secondary N) is 1. The van der Waals surface area contributed by atoms with Crippen LogP contribution in [-0.2, 0) is 25.7 Å². The van der Waals surface area contributed by atoms with Gasteiger partial charge in [-0.05, 0) is 36.4 Å². The van der Waals surface area contributed by atoms with Crippen LogP contribution in [0.5, 0.6) is 5.75 Å². The summed E-state index contributed by atoms with van der Waals surface area (Å²) in [6.07, 6.45) is -4.79. The molecule has 2 fully saturated rings. The number of thioether (sulfide) groups is 1. The number of rotatable bonds is 10. The van der Waals surface area contributed by atoms with E-state index in [0.717, 1.165) is 67.5 Å². The Bertz CT molecular complexity index is 1490. The predicted molar refractivity (Wildman–Crippen MR) is 168 cm³/mol. The number of fused-ring (bicyclic) bond motifs is 1. The number of aliphatic hydroxyl groups excluding tert-OH is 1. The third-order valence-corrected chi connectivity index (χ3v) is 9.96. The topological polar surface area (TPSA) is 80.0 Å². The van der Waals surface area contributed by atoms with E-state index in [0.29, 0.717) is 30.8 Å². The highest BCUT2D eigenvalue weighted by molar-refractivity contribution is 7.99. The zero-order valence-corrected chi connectivity index (χ0v) is 26.3. The number of phenols is 1. The van der Waals surface area contributed by atoms with Gasteiger partial charge in [0.25, 0.3) is 5.92 Å². The van der Waals surface area contributed by atoms with Gasteiger partial charge in [0.05, 0.1) is 30.5 Å². The van der Waals surface area contributed by atoms with E-state index < -0.39 is 23.8 Å². The van der Waals surface area contributed by atoms with Crippen LogP contribution in [0.4, 0.5) is 27.6 Å². The quantitative estimate of drug-likeness (QED) is 0.215. The number of aromatic hydroxyl groups is 1. The van der Waals surface area contributed by atoms with Crippen LogP contribution in [0.25, 0.3) is 11.3 Å². The number of alkyl halides is 5. The lowest BCUT2D eigenvalue weighted by Crippen LogP contribution is -2.49. The SMILES string of the molecule is Oc1ccc(N2CCN(CC(O)Cn3nc(-c4ccc(C(F)(F)F)c(SCCN5CCC(F)(F)C5)c4)c4c3CCNC4)CC2)cc1. The molecule has 3 aliphatic heterocycles. The summed E-state index contributed by atoms with van der Waals surface area (Å²) in [6.45, 7) is 5.28. The van der Waals surface area contributed by atoms with E-state index in [1.54, 1.807) is 21.7 Å². The molecule has 4 heterocycles. The van der Waals surface area contributed by atoms with E-state index in [4.69, 9.17) is 5.10 Å². The first-order valence-corrected chi connectivity index (χ1v) is 16.6. The molecule has 3 aliphatic rings. The van der Waals surface area contributed by atoms with Gasteiger partial charge >= 0.3 is 6.18 Å². The van der Waals surface area contributed by atoms with E-state index in [1.807, 2.05) is 12.1 Å². The first-order chi connectivity index (χ1) is 21.9. The van der Waals surface area contributed by atoms with Crippen LogP contribution in [0, 0.1) is 0 Å². The van der Waals surface area contributed by atoms with Crippen molar-refractivity contribution < 1.29 is 32.2 Å². The molecule has 14 heteroatoms. The van der Waals surface area contributed by atoms with E-state index in [9.17, 15) is 32.2 Å². The number of anilines is 1. The molecule has 2 aromatic carbocycles. The number of benzene rings is 2. The number of nitrogens with zero attached hydrogens (tertiary/aromatic N) is 5. The van der Waals surface area contributed by atoms with Crippen LogP contribution >= 0.6 is 11.8 Å². The smallest absolute Gasteiger partial charge is 0.417 e. The van der Waals surface area contributed by atoms with Crippen molar-refractivity contribution in [3.8, 4) is 17.0 Å². The van der Waals surface area contributed by atoms with Crippen LogP contribution in [0.15, 0.2) is 47.4 Å². The first kappa shape index (κ1) is 33.0. The standard InChI is InChI=1S/C32H39F5N6O2S/c33-31(34)8-10-41(21-31)15-16-46-29-17-22(1-6-27(29)32(35,36)37)30-26-18-38-9-7-28(26)43(39-30)20-25(45)19-40-11-13-42(14-12-40)23-2-4-24(44)5-3-23/h1-6,17,25,38,44-45H,7-16,18-21H2. The molecule has 0 spiro atoms. The molecule has 0 aliphatic carbocycles. The van der Waals surface area contributed by atoms with Crippen LogP contribution in [0.1, 0.15) is 23.2 Å². The molecule has 0 amide bonds. The van der Waals surface area contributed by atoms with Gasteiger partial charge in [-0.1, -0.05) is 6.07 Å². The summed E-state index contributed by atoms with van der Waals surface area (Å²) < 4.78 is 70.8. The van der Waals surface area contributed by atoms with Crippen molar-refractivity contribution in [3.05, 3.63) is 59.3 Å². The Balaban J connectivity index is 1.14. The number of hydrogen-bond donors (Lipinski definition) is 3. The van der Waals surface area contributed by atoms with Crippen molar-refractivity contribution in [1.82, 2.24) is 24.9 Å². The lowest BCUT2D eigenvalue weighted by molar-refractivity contribution is -0.139. The number of β-amino-alcohol motifs (C(OH)–C–C–N with tert-alkyl or cyclic N) is 1. The maximum atomic E-state index is 14.0. The molecule has 1 atom stereocenters. The molecule has 1 unspecified atom stereocenters. The molecule has 46 heavy (non-hydrogen) atoms. The van der Waals surface area contributed by atoms with Gasteiger partial charge in [-0.2, -0.15) is 18.3 Å². The van der Waals surface area contributed by atoms with Crippen LogP contribution < -0.4 is 10.2 Å². The fraction of sp³-hybridized carbons (Fsp3) is 0.531. The summed E-state index contributed by atoms with van der Waals surface area (Å²) in [5.74, 6) is -2.26. The number of halogens is 5. The zero-order chi connectivity index (χ0) is 32.5. The summed E-state index contributed by atoms with van der Waals surface area (Å²) in [5, 5.41) is 28.8. The van der Waals surface area contributed by atoms with E-state index in [-0.39, 0.29) is 49.0 Å². The molecule has 3 aromatic rings. The van der Waals surface area contributed by atoms with Crippen molar-refractivity contribution in [2.45, 2.75) is 49.0 Å². The Labute approximate surface area is 269 Å². The van der Waals surface area contributed by atoms with Gasteiger partial charge in [0.2, 0.25) is 0 Å². The highest BCUT2D eigenvalue weighted by Crippen LogP contribution is 2.40. The van der Waals surface area contributed by atoms with E-state index in [1.165, 1.54) is 12.1 Å². The van der Waals surface area contributed by atoms with E-state index >= 15 is 0 Å². The van der Waals surface area contributed by atoms with Gasteiger partial charge in [-0.15, -0.1) is 11.8 Å². The molecule has 0 bridgehead atoms. The summed E-state index contributed by atoms with van der Waals surface area (Å²) in [5.41, 5.74) is 3.32. The second kappa shape index (κ2) is 13.7. The maximum Gasteiger partial charge on any atom is 0.417 e. The van der Waals surface area contributed by atoms with Gasteiger partial charge in [0.1, 0.15) is 5.75 Å². The molecular formula is C32H39F5N6O2S. The van der Waals surface area contributed by atoms with Crippen molar-refractivity contribution in [1.29, 1.82) is 0 Å². The second-order valence-electron chi connectivity index (χ2n) is 12.3. The van der Waals surface area contributed by atoms with Crippen molar-refractivity contribution in [2.24, 2.45) is 0 Å². The second-order valence-corrected chi connectivity index (χ2v) is 13.4. The first-order valence-electron chi connectivity index (χ1n) is 15.6. The third kappa shape index (κ3) is 7.79. The predicted octanol–water partition coefficient (Wildman–Crippen LogP) is 4.54. The molecule has 0 radical (unpaired) electrons. The lowest BCUT2D eigenvalue weighted by atomic mass is 10.0. The van der Waals surface area contributed by atoms with E-state index in [2.05, 4.69) is 15.1 Å². The molecule has 250 valence electrons. The minimum absolute atomic E-state index is 0.0505. The minimum atomic E-state index is -4.55. The Morgan fingerprint density at radius 3 is 2.43 bits per heavy atom. The largest absolute Gasteiger partial charge is 0.508 e. The minimum Gasteiger partial charge on any atom is -0.508 e. The maximum absolute atomic E-state index is 14.0. The molecule has 1 aromatic heterocycles. The third-order valence-electron chi connectivity index (χ3n) is 8.92. The number of phenolic OH excluding ortho intramolecular Hbond substituents is 1. The van der Waals surface area contributed by atoms with Crippen molar-refractivity contribution in [2.75, 3.05) is 69.6 Å². The molecule has 3 N–H and O–H groups in total. The highest BCUT2D eigenvalue weighted by Gasteiger charge is 2.38. The summed E-state index contributed by atoms with van der Waals surface area (Å²) >= 11 is 1.03. The molecular weight excluding hydrogens is 627 g/mol. The van der Waals surface area contributed by atoms with Gasteiger partial charge < -0.3 is 20.4 Å². The van der Waals surface area contributed by atoms with Gasteiger partial charge in [0, 0.05) is 105 Å².